The smallest absolute Gasteiger partial charge is 0.226 e. The predicted octanol–water partition coefficient (Wildman–Crippen LogP) is 2.45. The van der Waals surface area contributed by atoms with Gasteiger partial charge in [-0.15, -0.1) is 0 Å². The summed E-state index contributed by atoms with van der Waals surface area (Å²) >= 11 is 0. The first-order valence-electron chi connectivity index (χ1n) is 6.90. The van der Waals surface area contributed by atoms with Crippen LogP contribution < -0.4 is 11.1 Å². The largest absolute Gasteiger partial charge is 0.349 e. The van der Waals surface area contributed by atoms with Gasteiger partial charge >= 0.3 is 0 Å². The molecule has 1 saturated carbocycles. The summed E-state index contributed by atoms with van der Waals surface area (Å²) in [6.45, 7) is 8.82. The Kier molecular flexibility index (Phi) is 4.59. The van der Waals surface area contributed by atoms with E-state index in [0.717, 1.165) is 12.8 Å². The van der Waals surface area contributed by atoms with Crippen molar-refractivity contribution in [3.05, 3.63) is 0 Å². The number of hydrogen-bond acceptors (Lipinski definition) is 2. The maximum absolute atomic E-state index is 12.3. The van der Waals surface area contributed by atoms with Crippen LogP contribution in [0.25, 0.3) is 0 Å². The van der Waals surface area contributed by atoms with Crippen molar-refractivity contribution in [2.75, 3.05) is 6.54 Å². The molecule has 1 fully saturated rings. The molecule has 0 bridgehead atoms. The minimum absolute atomic E-state index is 0.152. The predicted molar refractivity (Wildman–Crippen MR) is 71.6 cm³/mol. The summed E-state index contributed by atoms with van der Waals surface area (Å²) in [5.74, 6) is 0.636. The van der Waals surface area contributed by atoms with Gasteiger partial charge in [-0.05, 0) is 25.2 Å². The van der Waals surface area contributed by atoms with Gasteiger partial charge in [0.05, 0.1) is 5.54 Å². The fraction of sp³-hybridized carbons (Fsp3) is 0.929. The van der Waals surface area contributed by atoms with Crippen LogP contribution in [0.5, 0.6) is 0 Å². The summed E-state index contributed by atoms with van der Waals surface area (Å²) in [7, 11) is 0. The summed E-state index contributed by atoms with van der Waals surface area (Å²) < 4.78 is 0. The van der Waals surface area contributed by atoms with E-state index in [0.29, 0.717) is 12.5 Å². The van der Waals surface area contributed by atoms with Crippen LogP contribution in [0.4, 0.5) is 0 Å². The zero-order valence-electron chi connectivity index (χ0n) is 11.8. The highest BCUT2D eigenvalue weighted by molar-refractivity contribution is 5.82. The van der Waals surface area contributed by atoms with Crippen molar-refractivity contribution in [1.82, 2.24) is 5.32 Å². The maximum atomic E-state index is 12.3. The number of carbonyl (C=O) groups excluding carboxylic acids is 1. The third-order valence-corrected chi connectivity index (χ3v) is 4.68. The molecule has 0 aromatic rings. The zero-order chi connectivity index (χ0) is 13.1. The number of nitrogens with two attached hydrogens (primary N) is 1. The molecule has 3 nitrogen and oxygen atoms in total. The van der Waals surface area contributed by atoms with E-state index in [1.54, 1.807) is 0 Å². The second-order valence-electron chi connectivity index (χ2n) is 6.20. The molecule has 2 unspecified atom stereocenters. The van der Waals surface area contributed by atoms with Crippen LogP contribution >= 0.6 is 0 Å². The first kappa shape index (κ1) is 14.5. The van der Waals surface area contributed by atoms with Gasteiger partial charge in [0.25, 0.3) is 0 Å². The van der Waals surface area contributed by atoms with Crippen molar-refractivity contribution in [2.24, 2.45) is 17.1 Å². The number of rotatable bonds is 4. The van der Waals surface area contributed by atoms with Crippen LogP contribution in [0.3, 0.4) is 0 Å². The van der Waals surface area contributed by atoms with Crippen molar-refractivity contribution in [2.45, 2.75) is 65.3 Å². The number of amides is 1. The molecule has 2 atom stereocenters. The number of carbonyl (C=O) groups is 1. The Hall–Kier alpha value is -0.570. The van der Waals surface area contributed by atoms with Gasteiger partial charge in [0.15, 0.2) is 0 Å². The highest BCUT2D eigenvalue weighted by atomic mass is 16.2. The van der Waals surface area contributed by atoms with Gasteiger partial charge in [-0.3, -0.25) is 4.79 Å². The van der Waals surface area contributed by atoms with Gasteiger partial charge in [-0.2, -0.15) is 0 Å². The Morgan fingerprint density at radius 3 is 2.59 bits per heavy atom. The van der Waals surface area contributed by atoms with E-state index in [9.17, 15) is 4.79 Å². The van der Waals surface area contributed by atoms with Crippen molar-refractivity contribution in [1.29, 1.82) is 0 Å². The highest BCUT2D eigenvalue weighted by Gasteiger charge is 2.40. The third kappa shape index (κ3) is 3.01. The molecule has 0 spiro atoms. The average molecular weight is 240 g/mol. The quantitative estimate of drug-likeness (QED) is 0.793. The molecular weight excluding hydrogens is 212 g/mol. The molecule has 0 saturated heterocycles. The Morgan fingerprint density at radius 1 is 1.47 bits per heavy atom. The van der Waals surface area contributed by atoms with E-state index in [1.165, 1.54) is 19.3 Å². The Balaban J connectivity index is 2.78. The van der Waals surface area contributed by atoms with E-state index < -0.39 is 0 Å². The maximum Gasteiger partial charge on any atom is 0.226 e. The number of hydrogen-bond donors (Lipinski definition) is 2. The molecule has 0 aromatic carbocycles. The molecule has 1 aliphatic carbocycles. The zero-order valence-corrected chi connectivity index (χ0v) is 11.8. The van der Waals surface area contributed by atoms with E-state index in [4.69, 9.17) is 5.73 Å². The van der Waals surface area contributed by atoms with Gasteiger partial charge in [-0.1, -0.05) is 40.5 Å². The van der Waals surface area contributed by atoms with Crippen LogP contribution in [-0.4, -0.2) is 18.0 Å². The van der Waals surface area contributed by atoms with Gasteiger partial charge in [0.2, 0.25) is 5.91 Å². The fourth-order valence-corrected chi connectivity index (χ4v) is 2.51. The standard InChI is InChI=1S/C14H28N2O/c1-5-13(3,4)12(17)16-14(10-15)9-7-6-8-11(14)2/h11H,5-10,15H2,1-4H3,(H,16,17). The summed E-state index contributed by atoms with van der Waals surface area (Å²) in [6, 6.07) is 0. The van der Waals surface area contributed by atoms with E-state index in [1.807, 2.05) is 13.8 Å². The second-order valence-corrected chi connectivity index (χ2v) is 6.20. The minimum Gasteiger partial charge on any atom is -0.349 e. The van der Waals surface area contributed by atoms with Crippen molar-refractivity contribution >= 4 is 5.91 Å². The Labute approximate surface area is 106 Å². The molecule has 100 valence electrons. The molecule has 3 heteroatoms. The van der Waals surface area contributed by atoms with Crippen molar-refractivity contribution in [3.8, 4) is 0 Å². The Morgan fingerprint density at radius 2 is 2.12 bits per heavy atom. The summed E-state index contributed by atoms with van der Waals surface area (Å²) in [5, 5.41) is 3.26. The summed E-state index contributed by atoms with van der Waals surface area (Å²) in [4.78, 5) is 12.3. The van der Waals surface area contributed by atoms with Crippen LogP contribution in [0.15, 0.2) is 0 Å². The average Bonchev–Trinajstić information content (AvgIpc) is 2.32. The number of nitrogens with one attached hydrogen (secondary N) is 1. The van der Waals surface area contributed by atoms with Gasteiger partial charge in [-0.25, -0.2) is 0 Å². The van der Waals surface area contributed by atoms with E-state index in [-0.39, 0.29) is 16.9 Å². The van der Waals surface area contributed by atoms with E-state index in [2.05, 4.69) is 19.2 Å². The molecule has 0 radical (unpaired) electrons. The lowest BCUT2D eigenvalue weighted by atomic mass is 9.72. The molecule has 1 amide bonds. The van der Waals surface area contributed by atoms with Crippen LogP contribution in [0, 0.1) is 11.3 Å². The minimum atomic E-state index is -0.292. The molecule has 0 aromatic heterocycles. The summed E-state index contributed by atoms with van der Waals surface area (Å²) in [5.41, 5.74) is 5.49. The Bertz CT molecular complexity index is 275. The molecule has 1 rings (SSSR count). The monoisotopic (exact) mass is 240 g/mol. The lowest BCUT2D eigenvalue weighted by Crippen LogP contribution is -2.61. The molecule has 0 aliphatic heterocycles. The topological polar surface area (TPSA) is 55.1 Å². The highest BCUT2D eigenvalue weighted by Crippen LogP contribution is 2.34. The third-order valence-electron chi connectivity index (χ3n) is 4.68. The van der Waals surface area contributed by atoms with Gasteiger partial charge < -0.3 is 11.1 Å². The molecule has 0 heterocycles. The van der Waals surface area contributed by atoms with E-state index >= 15 is 0 Å². The van der Waals surface area contributed by atoms with Gasteiger partial charge in [0, 0.05) is 12.0 Å². The van der Waals surface area contributed by atoms with Gasteiger partial charge in [0.1, 0.15) is 0 Å². The van der Waals surface area contributed by atoms with Crippen LogP contribution in [0.2, 0.25) is 0 Å². The summed E-state index contributed by atoms with van der Waals surface area (Å²) in [6.07, 6.45) is 5.48. The van der Waals surface area contributed by atoms with Crippen LogP contribution in [0.1, 0.15) is 59.8 Å². The first-order chi connectivity index (χ1) is 7.88. The van der Waals surface area contributed by atoms with Crippen molar-refractivity contribution in [3.63, 3.8) is 0 Å². The second kappa shape index (κ2) is 5.38. The normalized spacial score (nSPS) is 30.1. The lowest BCUT2D eigenvalue weighted by Gasteiger charge is -2.44. The first-order valence-corrected chi connectivity index (χ1v) is 6.90. The molecule has 3 N–H and O–H groups in total. The SMILES string of the molecule is CCC(C)(C)C(=O)NC1(CN)CCCCC1C. The molecular formula is C14H28N2O. The molecule has 17 heavy (non-hydrogen) atoms. The fourth-order valence-electron chi connectivity index (χ4n) is 2.51. The molecule has 1 aliphatic rings. The van der Waals surface area contributed by atoms with Crippen LogP contribution in [-0.2, 0) is 4.79 Å². The van der Waals surface area contributed by atoms with Crippen molar-refractivity contribution < 1.29 is 4.79 Å². The lowest BCUT2D eigenvalue weighted by molar-refractivity contribution is -0.132.